The average molecular weight is 399 g/mol. The number of ether oxygens (including phenoxy) is 1. The first-order valence-electron chi connectivity index (χ1n) is 9.12. The van der Waals surface area contributed by atoms with E-state index in [-0.39, 0.29) is 17.5 Å². The van der Waals surface area contributed by atoms with E-state index in [0.717, 1.165) is 16.5 Å². The first-order valence-corrected chi connectivity index (χ1v) is 10.00. The molecule has 1 amide bonds. The van der Waals surface area contributed by atoms with E-state index >= 15 is 0 Å². The Morgan fingerprint density at radius 1 is 1.18 bits per heavy atom. The Bertz CT molecular complexity index is 938. The van der Waals surface area contributed by atoms with Gasteiger partial charge in [-0.05, 0) is 45.0 Å². The number of hydrogen-bond donors (Lipinski definition) is 0. The summed E-state index contributed by atoms with van der Waals surface area (Å²) in [6.07, 6.45) is 0. The van der Waals surface area contributed by atoms with Gasteiger partial charge >= 0.3 is 0 Å². The van der Waals surface area contributed by atoms with Crippen LogP contribution in [0, 0.1) is 12.7 Å². The van der Waals surface area contributed by atoms with Crippen molar-refractivity contribution in [3.05, 3.63) is 81.6 Å². The third-order valence-electron chi connectivity index (χ3n) is 4.30. The van der Waals surface area contributed by atoms with Gasteiger partial charge in [0, 0.05) is 11.4 Å². The lowest BCUT2D eigenvalue weighted by molar-refractivity contribution is 0.0683. The fraction of sp³-hybridized carbons (Fsp3) is 0.273. The van der Waals surface area contributed by atoms with E-state index in [0.29, 0.717) is 13.2 Å². The van der Waals surface area contributed by atoms with Crippen LogP contribution in [0.1, 0.15) is 40.5 Å². The van der Waals surface area contributed by atoms with Crippen molar-refractivity contribution in [1.29, 1.82) is 0 Å². The minimum absolute atomic E-state index is 0.0781. The van der Waals surface area contributed by atoms with E-state index in [2.05, 4.69) is 4.98 Å². The number of nitrogens with zero attached hydrogens (tertiary/aromatic N) is 2. The molecule has 0 fully saturated rings. The highest BCUT2D eigenvalue weighted by Gasteiger charge is 2.22. The van der Waals surface area contributed by atoms with Gasteiger partial charge < -0.3 is 9.64 Å². The molecule has 146 valence electrons. The van der Waals surface area contributed by atoms with Crippen molar-refractivity contribution in [2.45, 2.75) is 40.0 Å². The van der Waals surface area contributed by atoms with Gasteiger partial charge in [-0.1, -0.05) is 29.8 Å². The maximum atomic E-state index is 14.0. The highest BCUT2D eigenvalue weighted by Crippen LogP contribution is 2.19. The van der Waals surface area contributed by atoms with Crippen LogP contribution in [0.25, 0.3) is 0 Å². The van der Waals surface area contributed by atoms with E-state index in [1.54, 1.807) is 17.0 Å². The van der Waals surface area contributed by atoms with Crippen LogP contribution in [-0.4, -0.2) is 21.8 Å². The second-order valence-corrected chi connectivity index (χ2v) is 7.78. The molecule has 0 saturated heterocycles. The van der Waals surface area contributed by atoms with Gasteiger partial charge in [-0.3, -0.25) is 4.79 Å². The van der Waals surface area contributed by atoms with Crippen molar-refractivity contribution in [3.8, 4) is 5.75 Å². The summed E-state index contributed by atoms with van der Waals surface area (Å²) in [6, 6.07) is 13.8. The standard InChI is InChI=1S/C22H23FN2O2S/c1-15(2)25(22(26)19-6-4-5-7-20(19)23)12-17-14-28-21(24-17)13-27-18-10-8-16(3)9-11-18/h4-11,14-15H,12-13H2,1-3H3. The van der Waals surface area contributed by atoms with Gasteiger partial charge in [0.15, 0.2) is 0 Å². The summed E-state index contributed by atoms with van der Waals surface area (Å²) < 4.78 is 19.8. The van der Waals surface area contributed by atoms with E-state index in [9.17, 15) is 9.18 Å². The largest absolute Gasteiger partial charge is 0.486 e. The molecule has 2 aromatic carbocycles. The number of carbonyl (C=O) groups is 1. The quantitative estimate of drug-likeness (QED) is 0.548. The highest BCUT2D eigenvalue weighted by atomic mass is 32.1. The average Bonchev–Trinajstić information content (AvgIpc) is 3.13. The van der Waals surface area contributed by atoms with Gasteiger partial charge in [0.05, 0.1) is 17.8 Å². The highest BCUT2D eigenvalue weighted by molar-refractivity contribution is 7.09. The van der Waals surface area contributed by atoms with Gasteiger partial charge in [-0.15, -0.1) is 11.3 Å². The number of hydrogen-bond acceptors (Lipinski definition) is 4. The van der Waals surface area contributed by atoms with Crippen LogP contribution < -0.4 is 4.74 Å². The van der Waals surface area contributed by atoms with Gasteiger partial charge in [0.1, 0.15) is 23.2 Å². The van der Waals surface area contributed by atoms with Crippen LogP contribution in [0.5, 0.6) is 5.75 Å². The van der Waals surface area contributed by atoms with Gasteiger partial charge in [-0.25, -0.2) is 9.37 Å². The van der Waals surface area contributed by atoms with Gasteiger partial charge in [0.2, 0.25) is 0 Å². The predicted octanol–water partition coefficient (Wildman–Crippen LogP) is 5.22. The SMILES string of the molecule is Cc1ccc(OCc2nc(CN(C(=O)c3ccccc3F)C(C)C)cs2)cc1. The maximum Gasteiger partial charge on any atom is 0.257 e. The number of benzene rings is 2. The number of amides is 1. The van der Waals surface area contributed by atoms with Crippen LogP contribution in [0.2, 0.25) is 0 Å². The molecule has 6 heteroatoms. The number of rotatable bonds is 7. The fourth-order valence-corrected chi connectivity index (χ4v) is 3.42. The molecule has 0 bridgehead atoms. The Labute approximate surface area is 168 Å². The Balaban J connectivity index is 1.66. The summed E-state index contributed by atoms with van der Waals surface area (Å²) in [5.74, 6) is -0.0527. The zero-order valence-corrected chi connectivity index (χ0v) is 17.0. The number of carbonyl (C=O) groups excluding carboxylic acids is 1. The van der Waals surface area contributed by atoms with Crippen molar-refractivity contribution in [2.75, 3.05) is 0 Å². The molecule has 0 unspecified atom stereocenters. The topological polar surface area (TPSA) is 42.4 Å². The van der Waals surface area contributed by atoms with Crippen molar-refractivity contribution >= 4 is 17.2 Å². The number of aromatic nitrogens is 1. The molecular formula is C22H23FN2O2S. The maximum absolute atomic E-state index is 14.0. The van der Waals surface area contributed by atoms with E-state index < -0.39 is 5.82 Å². The lowest BCUT2D eigenvalue weighted by atomic mass is 10.1. The summed E-state index contributed by atoms with van der Waals surface area (Å²) >= 11 is 1.49. The van der Waals surface area contributed by atoms with Crippen molar-refractivity contribution < 1.29 is 13.9 Å². The van der Waals surface area contributed by atoms with Crippen LogP contribution in [0.15, 0.2) is 53.9 Å². The van der Waals surface area contributed by atoms with E-state index in [1.165, 1.54) is 29.0 Å². The number of aryl methyl sites for hydroxylation is 1. The Hall–Kier alpha value is -2.73. The normalized spacial score (nSPS) is 10.9. The molecular weight excluding hydrogens is 375 g/mol. The monoisotopic (exact) mass is 398 g/mol. The van der Waals surface area contributed by atoms with Crippen LogP contribution in [-0.2, 0) is 13.2 Å². The second-order valence-electron chi connectivity index (χ2n) is 6.84. The van der Waals surface area contributed by atoms with Crippen LogP contribution in [0.4, 0.5) is 4.39 Å². The first-order chi connectivity index (χ1) is 13.4. The molecule has 0 saturated carbocycles. The van der Waals surface area contributed by atoms with Crippen LogP contribution in [0.3, 0.4) is 0 Å². The lowest BCUT2D eigenvalue weighted by Gasteiger charge is -2.26. The van der Waals surface area contributed by atoms with Crippen molar-refractivity contribution in [1.82, 2.24) is 9.88 Å². The first kappa shape index (κ1) is 20.0. The summed E-state index contributed by atoms with van der Waals surface area (Å²) in [4.78, 5) is 19.0. The molecule has 0 N–H and O–H groups in total. The Morgan fingerprint density at radius 2 is 1.89 bits per heavy atom. The minimum atomic E-state index is -0.511. The van der Waals surface area contributed by atoms with Gasteiger partial charge in [-0.2, -0.15) is 0 Å². The molecule has 3 rings (SSSR count). The van der Waals surface area contributed by atoms with E-state index in [4.69, 9.17) is 4.74 Å². The molecule has 0 radical (unpaired) electrons. The van der Waals surface area contributed by atoms with Crippen molar-refractivity contribution in [3.63, 3.8) is 0 Å². The summed E-state index contributed by atoms with van der Waals surface area (Å²) in [5.41, 5.74) is 2.03. The molecule has 0 spiro atoms. The minimum Gasteiger partial charge on any atom is -0.486 e. The fourth-order valence-electron chi connectivity index (χ4n) is 2.72. The summed E-state index contributed by atoms with van der Waals surface area (Å²) in [6.45, 7) is 6.54. The zero-order chi connectivity index (χ0) is 20.1. The molecule has 0 aliphatic heterocycles. The third kappa shape index (κ3) is 4.95. The number of thiazole rings is 1. The molecule has 1 heterocycles. The zero-order valence-electron chi connectivity index (χ0n) is 16.2. The molecule has 0 atom stereocenters. The van der Waals surface area contributed by atoms with E-state index in [1.807, 2.05) is 50.4 Å². The Kier molecular flexibility index (Phi) is 6.41. The second kappa shape index (κ2) is 8.97. The number of halogens is 1. The Morgan fingerprint density at radius 3 is 2.57 bits per heavy atom. The molecule has 28 heavy (non-hydrogen) atoms. The summed E-state index contributed by atoms with van der Waals surface area (Å²) in [5, 5.41) is 2.75. The van der Waals surface area contributed by atoms with Crippen molar-refractivity contribution in [2.24, 2.45) is 0 Å². The molecule has 3 aromatic rings. The smallest absolute Gasteiger partial charge is 0.257 e. The predicted molar refractivity (Wildman–Crippen MR) is 109 cm³/mol. The van der Waals surface area contributed by atoms with Gasteiger partial charge in [0.25, 0.3) is 5.91 Å². The molecule has 4 nitrogen and oxygen atoms in total. The summed E-state index contributed by atoms with van der Waals surface area (Å²) in [7, 11) is 0. The lowest BCUT2D eigenvalue weighted by Crippen LogP contribution is -2.37. The van der Waals surface area contributed by atoms with Crippen LogP contribution >= 0.6 is 11.3 Å². The third-order valence-corrected chi connectivity index (χ3v) is 5.17. The molecule has 0 aliphatic rings. The molecule has 1 aromatic heterocycles. The molecule has 0 aliphatic carbocycles.